The van der Waals surface area contributed by atoms with Crippen LogP contribution in [0.3, 0.4) is 0 Å². The van der Waals surface area contributed by atoms with Crippen LogP contribution < -0.4 is 4.74 Å². The number of carboxylic acid groups (broad SMARTS) is 1. The minimum absolute atomic E-state index is 0.125. The lowest BCUT2D eigenvalue weighted by Crippen LogP contribution is -2.32. The highest BCUT2D eigenvalue weighted by Crippen LogP contribution is 2.21. The summed E-state index contributed by atoms with van der Waals surface area (Å²) in [5.41, 5.74) is -0.545. The summed E-state index contributed by atoms with van der Waals surface area (Å²) in [6.07, 6.45) is 1.93. The Morgan fingerprint density at radius 3 is 2.63 bits per heavy atom. The number of hydrogen-bond acceptors (Lipinski definition) is 3. The number of aromatic carboxylic acids is 1. The van der Waals surface area contributed by atoms with E-state index in [0.29, 0.717) is 13.1 Å². The van der Waals surface area contributed by atoms with Crippen molar-refractivity contribution in [2.24, 2.45) is 0 Å². The predicted octanol–water partition coefficient (Wildman–Crippen LogP) is 1.53. The molecule has 1 aromatic rings. The summed E-state index contributed by atoms with van der Waals surface area (Å²) in [6, 6.07) is 3.72. The SMILES string of the molecule is O=C(O)c1c(F)cccc1OCC(=O)N1CCCC1. The summed E-state index contributed by atoms with van der Waals surface area (Å²) in [6.45, 7) is 1.11. The molecule has 1 amide bonds. The number of halogens is 1. The van der Waals surface area contributed by atoms with Gasteiger partial charge in [-0.3, -0.25) is 4.79 Å². The first kappa shape index (κ1) is 13.3. The molecule has 1 fully saturated rings. The zero-order valence-electron chi connectivity index (χ0n) is 10.3. The van der Waals surface area contributed by atoms with Gasteiger partial charge in [0.25, 0.3) is 5.91 Å². The molecule has 102 valence electrons. The van der Waals surface area contributed by atoms with Gasteiger partial charge >= 0.3 is 5.97 Å². The van der Waals surface area contributed by atoms with Crippen LogP contribution >= 0.6 is 0 Å². The average Bonchev–Trinajstić information content (AvgIpc) is 2.89. The number of rotatable bonds is 4. The van der Waals surface area contributed by atoms with Gasteiger partial charge in [-0.2, -0.15) is 0 Å². The second-order valence-corrected chi connectivity index (χ2v) is 4.29. The minimum Gasteiger partial charge on any atom is -0.483 e. The lowest BCUT2D eigenvalue weighted by Gasteiger charge is -2.16. The lowest BCUT2D eigenvalue weighted by atomic mass is 10.2. The van der Waals surface area contributed by atoms with Gasteiger partial charge in [0, 0.05) is 13.1 Å². The number of amides is 1. The summed E-state index contributed by atoms with van der Waals surface area (Å²) in [5, 5.41) is 8.91. The Balaban J connectivity index is 2.05. The largest absolute Gasteiger partial charge is 0.483 e. The first-order valence-electron chi connectivity index (χ1n) is 6.02. The summed E-state index contributed by atoms with van der Waals surface area (Å²) in [7, 11) is 0. The Bertz CT molecular complexity index is 497. The second kappa shape index (κ2) is 5.69. The number of nitrogens with zero attached hydrogens (tertiary/aromatic N) is 1. The first-order chi connectivity index (χ1) is 9.09. The van der Waals surface area contributed by atoms with E-state index < -0.39 is 17.3 Å². The molecule has 0 spiro atoms. The van der Waals surface area contributed by atoms with Gasteiger partial charge in [0.2, 0.25) is 0 Å². The van der Waals surface area contributed by atoms with Crippen LogP contribution in [0.1, 0.15) is 23.2 Å². The van der Waals surface area contributed by atoms with Crippen molar-refractivity contribution in [2.75, 3.05) is 19.7 Å². The van der Waals surface area contributed by atoms with Crippen molar-refractivity contribution < 1.29 is 23.8 Å². The van der Waals surface area contributed by atoms with Gasteiger partial charge in [-0.05, 0) is 25.0 Å². The maximum atomic E-state index is 13.4. The number of carbonyl (C=O) groups is 2. The molecule has 1 aliphatic rings. The topological polar surface area (TPSA) is 66.8 Å². The summed E-state index contributed by atoms with van der Waals surface area (Å²) in [4.78, 5) is 24.3. The molecule has 0 bridgehead atoms. The van der Waals surface area contributed by atoms with E-state index in [1.54, 1.807) is 4.90 Å². The molecular weight excluding hydrogens is 253 g/mol. The predicted molar refractivity (Wildman–Crippen MR) is 64.7 cm³/mol. The van der Waals surface area contributed by atoms with Crippen LogP contribution in [0.4, 0.5) is 4.39 Å². The molecule has 5 nitrogen and oxygen atoms in total. The third kappa shape index (κ3) is 3.01. The number of benzene rings is 1. The molecule has 1 aliphatic heterocycles. The van der Waals surface area contributed by atoms with Crippen molar-refractivity contribution in [1.82, 2.24) is 4.90 Å². The van der Waals surface area contributed by atoms with Crippen molar-refractivity contribution in [2.45, 2.75) is 12.8 Å². The van der Waals surface area contributed by atoms with E-state index in [-0.39, 0.29) is 18.3 Å². The molecule has 0 aliphatic carbocycles. The van der Waals surface area contributed by atoms with Gasteiger partial charge < -0.3 is 14.7 Å². The normalized spacial score (nSPS) is 14.5. The molecule has 19 heavy (non-hydrogen) atoms. The van der Waals surface area contributed by atoms with E-state index in [4.69, 9.17) is 9.84 Å². The van der Waals surface area contributed by atoms with Gasteiger partial charge in [-0.1, -0.05) is 6.07 Å². The summed E-state index contributed by atoms with van der Waals surface area (Å²) in [5.74, 6) is -2.63. The van der Waals surface area contributed by atoms with Crippen molar-refractivity contribution in [3.05, 3.63) is 29.6 Å². The second-order valence-electron chi connectivity index (χ2n) is 4.29. The monoisotopic (exact) mass is 267 g/mol. The molecule has 2 rings (SSSR count). The number of carbonyl (C=O) groups excluding carboxylic acids is 1. The quantitative estimate of drug-likeness (QED) is 0.898. The molecule has 0 unspecified atom stereocenters. The average molecular weight is 267 g/mol. The number of hydrogen-bond donors (Lipinski definition) is 1. The fraction of sp³-hybridized carbons (Fsp3) is 0.385. The molecule has 6 heteroatoms. The van der Waals surface area contributed by atoms with Crippen LogP contribution in [0.2, 0.25) is 0 Å². The van der Waals surface area contributed by atoms with Gasteiger partial charge in [-0.25, -0.2) is 9.18 Å². The zero-order chi connectivity index (χ0) is 13.8. The number of carboxylic acids is 1. The Labute approximate surface area is 109 Å². The highest BCUT2D eigenvalue weighted by Gasteiger charge is 2.21. The molecule has 1 N–H and O–H groups in total. The van der Waals surface area contributed by atoms with Crippen LogP contribution in [0.15, 0.2) is 18.2 Å². The lowest BCUT2D eigenvalue weighted by molar-refractivity contribution is -0.132. The third-order valence-corrected chi connectivity index (χ3v) is 3.00. The smallest absolute Gasteiger partial charge is 0.342 e. The van der Waals surface area contributed by atoms with Gasteiger partial charge in [-0.15, -0.1) is 0 Å². The fourth-order valence-electron chi connectivity index (χ4n) is 2.03. The van der Waals surface area contributed by atoms with Gasteiger partial charge in [0.15, 0.2) is 6.61 Å². The van der Waals surface area contributed by atoms with Crippen LogP contribution in [0.25, 0.3) is 0 Å². The molecule has 0 radical (unpaired) electrons. The van der Waals surface area contributed by atoms with Crippen molar-refractivity contribution >= 4 is 11.9 Å². The molecule has 1 heterocycles. The highest BCUT2D eigenvalue weighted by molar-refractivity contribution is 5.91. The maximum Gasteiger partial charge on any atom is 0.342 e. The van der Waals surface area contributed by atoms with Crippen LogP contribution in [0, 0.1) is 5.82 Å². The number of ether oxygens (including phenoxy) is 1. The minimum atomic E-state index is -1.42. The highest BCUT2D eigenvalue weighted by atomic mass is 19.1. The van der Waals surface area contributed by atoms with E-state index in [1.165, 1.54) is 12.1 Å². The number of likely N-dealkylation sites (tertiary alicyclic amines) is 1. The summed E-state index contributed by atoms with van der Waals surface area (Å²) >= 11 is 0. The zero-order valence-corrected chi connectivity index (χ0v) is 10.3. The van der Waals surface area contributed by atoms with Crippen LogP contribution in [-0.2, 0) is 4.79 Å². The van der Waals surface area contributed by atoms with E-state index in [0.717, 1.165) is 18.9 Å². The van der Waals surface area contributed by atoms with E-state index >= 15 is 0 Å². The van der Waals surface area contributed by atoms with Crippen LogP contribution in [-0.4, -0.2) is 41.6 Å². The van der Waals surface area contributed by atoms with Gasteiger partial charge in [0.05, 0.1) is 0 Å². The standard InChI is InChI=1S/C13H14FNO4/c14-9-4-3-5-10(12(9)13(17)18)19-8-11(16)15-6-1-2-7-15/h3-5H,1-2,6-8H2,(H,17,18). The Hall–Kier alpha value is -2.11. The first-order valence-corrected chi connectivity index (χ1v) is 6.02. The van der Waals surface area contributed by atoms with Crippen molar-refractivity contribution in [1.29, 1.82) is 0 Å². The van der Waals surface area contributed by atoms with Crippen molar-refractivity contribution in [3.63, 3.8) is 0 Å². The Kier molecular flexibility index (Phi) is 3.99. The third-order valence-electron chi connectivity index (χ3n) is 3.00. The molecular formula is C13H14FNO4. The van der Waals surface area contributed by atoms with E-state index in [2.05, 4.69) is 0 Å². The summed E-state index contributed by atoms with van der Waals surface area (Å²) < 4.78 is 18.5. The fourth-order valence-corrected chi connectivity index (χ4v) is 2.03. The Morgan fingerprint density at radius 2 is 2.00 bits per heavy atom. The van der Waals surface area contributed by atoms with Crippen LogP contribution in [0.5, 0.6) is 5.75 Å². The van der Waals surface area contributed by atoms with Gasteiger partial charge in [0.1, 0.15) is 17.1 Å². The molecule has 0 saturated carbocycles. The van der Waals surface area contributed by atoms with E-state index in [9.17, 15) is 14.0 Å². The molecule has 0 atom stereocenters. The molecule has 1 aromatic carbocycles. The Morgan fingerprint density at radius 1 is 1.32 bits per heavy atom. The molecule has 1 saturated heterocycles. The molecule has 0 aromatic heterocycles. The van der Waals surface area contributed by atoms with E-state index in [1.807, 2.05) is 0 Å². The van der Waals surface area contributed by atoms with Crippen molar-refractivity contribution in [3.8, 4) is 5.75 Å². The maximum absolute atomic E-state index is 13.4.